The fourth-order valence-corrected chi connectivity index (χ4v) is 3.63. The Bertz CT molecular complexity index is 967. The number of sulfonamides is 1. The molecule has 0 aliphatic carbocycles. The van der Waals surface area contributed by atoms with E-state index in [9.17, 15) is 18.0 Å². The SMILES string of the molecule is CCN(CC)c1ccc(C(=O)OCC(=O)Nc2ccc(S(=O)(=O)N(C)C)cc2)cc1. The zero-order valence-corrected chi connectivity index (χ0v) is 18.4. The van der Waals surface area contributed by atoms with Crippen LogP contribution in [0, 0.1) is 0 Å². The normalized spacial score (nSPS) is 11.2. The summed E-state index contributed by atoms with van der Waals surface area (Å²) in [7, 11) is -0.656. The number of amides is 1. The van der Waals surface area contributed by atoms with E-state index >= 15 is 0 Å². The lowest BCUT2D eigenvalue weighted by Gasteiger charge is -2.20. The van der Waals surface area contributed by atoms with E-state index in [-0.39, 0.29) is 4.90 Å². The van der Waals surface area contributed by atoms with Gasteiger partial charge in [0.25, 0.3) is 5.91 Å². The van der Waals surface area contributed by atoms with Gasteiger partial charge in [0.15, 0.2) is 6.61 Å². The highest BCUT2D eigenvalue weighted by atomic mass is 32.2. The van der Waals surface area contributed by atoms with E-state index in [1.807, 2.05) is 12.1 Å². The molecule has 1 amide bonds. The summed E-state index contributed by atoms with van der Waals surface area (Å²) in [4.78, 5) is 26.5. The maximum atomic E-state index is 12.2. The van der Waals surface area contributed by atoms with Crippen LogP contribution in [-0.4, -0.2) is 58.4 Å². The van der Waals surface area contributed by atoms with Crippen molar-refractivity contribution in [1.82, 2.24) is 4.31 Å². The van der Waals surface area contributed by atoms with E-state index in [0.717, 1.165) is 23.1 Å². The molecule has 0 aliphatic heterocycles. The number of carbonyl (C=O) groups is 2. The van der Waals surface area contributed by atoms with Gasteiger partial charge in [0.1, 0.15) is 0 Å². The second-order valence-corrected chi connectivity index (χ2v) is 8.81. The summed E-state index contributed by atoms with van der Waals surface area (Å²) in [6.45, 7) is 5.39. The first-order valence-corrected chi connectivity index (χ1v) is 11.0. The summed E-state index contributed by atoms with van der Waals surface area (Å²) in [5, 5.41) is 2.56. The van der Waals surface area contributed by atoms with Crippen molar-refractivity contribution >= 4 is 33.3 Å². The minimum atomic E-state index is -3.54. The second-order valence-electron chi connectivity index (χ2n) is 6.66. The average Bonchev–Trinajstić information content (AvgIpc) is 2.73. The summed E-state index contributed by atoms with van der Waals surface area (Å²) in [5.41, 5.74) is 1.77. The highest BCUT2D eigenvalue weighted by Crippen LogP contribution is 2.17. The molecule has 0 aliphatic rings. The maximum Gasteiger partial charge on any atom is 0.338 e. The summed E-state index contributed by atoms with van der Waals surface area (Å²) in [6, 6.07) is 12.8. The average molecular weight is 434 g/mol. The minimum absolute atomic E-state index is 0.116. The number of benzene rings is 2. The fourth-order valence-electron chi connectivity index (χ4n) is 2.73. The number of esters is 1. The lowest BCUT2D eigenvalue weighted by molar-refractivity contribution is -0.119. The van der Waals surface area contributed by atoms with Crippen molar-refractivity contribution < 1.29 is 22.7 Å². The molecule has 1 N–H and O–H groups in total. The van der Waals surface area contributed by atoms with E-state index in [2.05, 4.69) is 24.1 Å². The lowest BCUT2D eigenvalue weighted by atomic mass is 10.2. The molecule has 0 bridgehead atoms. The van der Waals surface area contributed by atoms with Gasteiger partial charge in [0.2, 0.25) is 10.0 Å². The third-order valence-electron chi connectivity index (χ3n) is 4.48. The van der Waals surface area contributed by atoms with Crippen molar-refractivity contribution in [3.8, 4) is 0 Å². The standard InChI is InChI=1S/C21H27N3O5S/c1-5-24(6-2)18-11-7-16(8-12-18)21(26)29-15-20(25)22-17-9-13-19(14-10-17)30(27,28)23(3)4/h7-14H,5-6,15H2,1-4H3,(H,22,25). The zero-order chi connectivity index (χ0) is 22.3. The molecule has 0 aromatic heterocycles. The van der Waals surface area contributed by atoms with E-state index in [4.69, 9.17) is 4.74 Å². The topological polar surface area (TPSA) is 96.0 Å². The van der Waals surface area contributed by atoms with Gasteiger partial charge in [-0.15, -0.1) is 0 Å². The van der Waals surface area contributed by atoms with Crippen LogP contribution in [-0.2, 0) is 19.6 Å². The van der Waals surface area contributed by atoms with Gasteiger partial charge >= 0.3 is 5.97 Å². The number of ether oxygens (including phenoxy) is 1. The highest BCUT2D eigenvalue weighted by molar-refractivity contribution is 7.89. The van der Waals surface area contributed by atoms with Gasteiger partial charge in [-0.25, -0.2) is 17.5 Å². The number of nitrogens with zero attached hydrogens (tertiary/aromatic N) is 2. The number of carbonyl (C=O) groups excluding carboxylic acids is 2. The summed E-state index contributed by atoms with van der Waals surface area (Å²) < 4.78 is 30.3. The Hall–Kier alpha value is -2.91. The van der Waals surface area contributed by atoms with Crippen LogP contribution in [0.25, 0.3) is 0 Å². The van der Waals surface area contributed by atoms with E-state index < -0.39 is 28.5 Å². The van der Waals surface area contributed by atoms with Crippen LogP contribution < -0.4 is 10.2 Å². The van der Waals surface area contributed by atoms with E-state index in [1.54, 1.807) is 12.1 Å². The van der Waals surface area contributed by atoms with Crippen molar-refractivity contribution in [2.45, 2.75) is 18.7 Å². The molecule has 0 radical (unpaired) electrons. The van der Waals surface area contributed by atoms with Crippen LogP contribution in [0.1, 0.15) is 24.2 Å². The number of anilines is 2. The molecule has 0 atom stereocenters. The molecule has 2 aromatic carbocycles. The van der Waals surface area contributed by atoms with Crippen LogP contribution in [0.15, 0.2) is 53.4 Å². The van der Waals surface area contributed by atoms with Gasteiger partial charge < -0.3 is 15.0 Å². The first-order chi connectivity index (χ1) is 14.2. The van der Waals surface area contributed by atoms with Gasteiger partial charge in [-0.05, 0) is 62.4 Å². The van der Waals surface area contributed by atoms with Crippen LogP contribution in [0.3, 0.4) is 0 Å². The quantitative estimate of drug-likeness (QED) is 0.611. The second kappa shape index (κ2) is 10.2. The van der Waals surface area contributed by atoms with Crippen LogP contribution in [0.2, 0.25) is 0 Å². The van der Waals surface area contributed by atoms with Gasteiger partial charge in [-0.1, -0.05) is 0 Å². The predicted octanol–water partition coefficient (Wildman–Crippen LogP) is 2.58. The number of hydrogen-bond donors (Lipinski definition) is 1. The van der Waals surface area contributed by atoms with Crippen molar-refractivity contribution in [2.24, 2.45) is 0 Å². The minimum Gasteiger partial charge on any atom is -0.452 e. The molecule has 162 valence electrons. The van der Waals surface area contributed by atoms with Gasteiger partial charge in [-0.2, -0.15) is 0 Å². The molecule has 0 saturated carbocycles. The molecule has 0 saturated heterocycles. The maximum absolute atomic E-state index is 12.2. The highest BCUT2D eigenvalue weighted by Gasteiger charge is 2.17. The molecule has 0 heterocycles. The summed E-state index contributed by atoms with van der Waals surface area (Å²) >= 11 is 0. The number of hydrogen-bond acceptors (Lipinski definition) is 6. The Labute approximate surface area is 177 Å². The fraction of sp³-hybridized carbons (Fsp3) is 0.333. The molecule has 30 heavy (non-hydrogen) atoms. The smallest absolute Gasteiger partial charge is 0.338 e. The Morgan fingerprint density at radius 3 is 2.00 bits per heavy atom. The van der Waals surface area contributed by atoms with Crippen LogP contribution in [0.5, 0.6) is 0 Å². The van der Waals surface area contributed by atoms with Crippen molar-refractivity contribution in [1.29, 1.82) is 0 Å². The molecule has 0 spiro atoms. The van der Waals surface area contributed by atoms with Gasteiger partial charge in [0, 0.05) is 38.6 Å². The van der Waals surface area contributed by atoms with Crippen molar-refractivity contribution in [3.63, 3.8) is 0 Å². The number of nitrogens with one attached hydrogen (secondary N) is 1. The molecule has 0 fully saturated rings. The summed E-state index contributed by atoms with van der Waals surface area (Å²) in [6.07, 6.45) is 0. The molecular formula is C21H27N3O5S. The van der Waals surface area contributed by atoms with Crippen LogP contribution >= 0.6 is 0 Å². The largest absolute Gasteiger partial charge is 0.452 e. The van der Waals surface area contributed by atoms with Crippen molar-refractivity contribution in [2.75, 3.05) is 44.0 Å². The first kappa shape index (κ1) is 23.4. The monoisotopic (exact) mass is 433 g/mol. The van der Waals surface area contributed by atoms with Crippen LogP contribution in [0.4, 0.5) is 11.4 Å². The lowest BCUT2D eigenvalue weighted by Crippen LogP contribution is -2.23. The third-order valence-corrected chi connectivity index (χ3v) is 6.31. The Kier molecular flexibility index (Phi) is 7.96. The molecule has 2 aromatic rings. The van der Waals surface area contributed by atoms with Gasteiger partial charge in [-0.3, -0.25) is 4.79 Å². The summed E-state index contributed by atoms with van der Waals surface area (Å²) in [5.74, 6) is -1.12. The molecule has 0 unspecified atom stereocenters. The Balaban J connectivity index is 1.90. The third kappa shape index (κ3) is 5.80. The molecule has 8 nitrogen and oxygen atoms in total. The Morgan fingerprint density at radius 2 is 1.50 bits per heavy atom. The zero-order valence-electron chi connectivity index (χ0n) is 17.6. The molecular weight excluding hydrogens is 406 g/mol. The van der Waals surface area contributed by atoms with E-state index in [1.165, 1.54) is 38.4 Å². The first-order valence-electron chi connectivity index (χ1n) is 9.53. The Morgan fingerprint density at radius 1 is 0.933 bits per heavy atom. The van der Waals surface area contributed by atoms with E-state index in [0.29, 0.717) is 11.3 Å². The van der Waals surface area contributed by atoms with Gasteiger partial charge in [0.05, 0.1) is 10.5 Å². The van der Waals surface area contributed by atoms with Crippen molar-refractivity contribution in [3.05, 3.63) is 54.1 Å². The number of rotatable bonds is 9. The predicted molar refractivity (Wildman–Crippen MR) is 116 cm³/mol. The molecule has 2 rings (SSSR count). The molecule has 9 heteroatoms.